The van der Waals surface area contributed by atoms with Gasteiger partial charge in [0.25, 0.3) is 10.1 Å². The molecule has 0 aromatic rings. The Morgan fingerprint density at radius 2 is 2.08 bits per heavy atom. The molecule has 0 aliphatic carbocycles. The summed E-state index contributed by atoms with van der Waals surface area (Å²) in [6.45, 7) is 3.11. The molecule has 0 saturated carbocycles. The Bertz CT molecular complexity index is 258. The summed E-state index contributed by atoms with van der Waals surface area (Å²) in [5, 5.41) is 0. The molecule has 0 aliphatic heterocycles. The summed E-state index contributed by atoms with van der Waals surface area (Å²) in [5.41, 5.74) is 0. The zero-order chi connectivity index (χ0) is 9.61. The van der Waals surface area contributed by atoms with Crippen molar-refractivity contribution in [1.82, 2.24) is 0 Å². The second-order valence-corrected chi connectivity index (χ2v) is 3.58. The normalized spacial score (nSPS) is 9.92. The first-order chi connectivity index (χ1) is 5.45. The standard InChI is InChI=1S/C6H10O5S.Ca/c1-2-6(7)11-4-3-5-12(8,9)10;/h2H,1,3-5H2,(H,8,9,10);. The van der Waals surface area contributed by atoms with E-state index in [1.165, 1.54) is 0 Å². The van der Waals surface area contributed by atoms with Gasteiger partial charge in [0.2, 0.25) is 0 Å². The van der Waals surface area contributed by atoms with E-state index < -0.39 is 21.8 Å². The smallest absolute Gasteiger partial charge is 0.330 e. The quantitative estimate of drug-likeness (QED) is 0.230. The predicted octanol–water partition coefficient (Wildman–Crippen LogP) is -0.387. The molecule has 1 N–H and O–H groups in total. The van der Waals surface area contributed by atoms with E-state index in [4.69, 9.17) is 4.55 Å². The van der Waals surface area contributed by atoms with Crippen molar-refractivity contribution >= 4 is 53.8 Å². The molecule has 0 rings (SSSR count). The Labute approximate surface area is 107 Å². The molecule has 2 radical (unpaired) electrons. The van der Waals surface area contributed by atoms with Crippen LogP contribution >= 0.6 is 0 Å². The molecule has 0 aromatic carbocycles. The predicted molar refractivity (Wildman–Crippen MR) is 47.9 cm³/mol. The summed E-state index contributed by atoms with van der Waals surface area (Å²) in [7, 11) is -3.95. The molecule has 0 atom stereocenters. The molecule has 0 amide bonds. The summed E-state index contributed by atoms with van der Waals surface area (Å²) < 4.78 is 33.0. The van der Waals surface area contributed by atoms with E-state index in [-0.39, 0.29) is 50.8 Å². The first-order valence-electron chi connectivity index (χ1n) is 3.20. The third-order valence-corrected chi connectivity index (χ3v) is 1.76. The Morgan fingerprint density at radius 1 is 1.54 bits per heavy atom. The van der Waals surface area contributed by atoms with Crippen molar-refractivity contribution in [2.75, 3.05) is 12.4 Å². The van der Waals surface area contributed by atoms with Gasteiger partial charge in [-0.15, -0.1) is 0 Å². The van der Waals surface area contributed by atoms with Crippen LogP contribution in [0.4, 0.5) is 0 Å². The van der Waals surface area contributed by atoms with Crippen molar-refractivity contribution in [2.24, 2.45) is 0 Å². The summed E-state index contributed by atoms with van der Waals surface area (Å²) in [5.74, 6) is -1.01. The molecule has 72 valence electrons. The summed E-state index contributed by atoms with van der Waals surface area (Å²) in [6.07, 6.45) is 1.06. The Kier molecular flexibility index (Phi) is 9.44. The maximum Gasteiger partial charge on any atom is 0.330 e. The van der Waals surface area contributed by atoms with Gasteiger partial charge in [-0.25, -0.2) is 4.79 Å². The molecular weight excluding hydrogens is 224 g/mol. The molecular formula is C6H10CaO5S. The summed E-state index contributed by atoms with van der Waals surface area (Å²) in [6, 6.07) is 0. The molecule has 0 aromatic heterocycles. The first kappa shape index (κ1) is 15.8. The molecule has 13 heavy (non-hydrogen) atoms. The minimum Gasteiger partial charge on any atom is -0.463 e. The van der Waals surface area contributed by atoms with Crippen molar-refractivity contribution in [1.29, 1.82) is 0 Å². The number of carbonyl (C=O) groups is 1. The average Bonchev–Trinajstić information content (AvgIpc) is 1.96. The van der Waals surface area contributed by atoms with E-state index in [2.05, 4.69) is 11.3 Å². The summed E-state index contributed by atoms with van der Waals surface area (Å²) in [4.78, 5) is 10.4. The number of hydrogen-bond donors (Lipinski definition) is 1. The van der Waals surface area contributed by atoms with E-state index in [1.54, 1.807) is 0 Å². The van der Waals surface area contributed by atoms with E-state index in [0.29, 0.717) is 0 Å². The fourth-order valence-electron chi connectivity index (χ4n) is 0.473. The second kappa shape index (κ2) is 7.75. The van der Waals surface area contributed by atoms with Crippen LogP contribution in [0.2, 0.25) is 0 Å². The summed E-state index contributed by atoms with van der Waals surface area (Å²) >= 11 is 0. The number of ether oxygens (including phenoxy) is 1. The van der Waals surface area contributed by atoms with E-state index in [1.807, 2.05) is 0 Å². The van der Waals surface area contributed by atoms with Crippen LogP contribution in [0.25, 0.3) is 0 Å². The SMILES string of the molecule is C=CC(=O)OCCCS(=O)(=O)O.[Ca]. The average molecular weight is 234 g/mol. The topological polar surface area (TPSA) is 80.7 Å². The number of carbonyl (C=O) groups excluding carboxylic acids is 1. The Balaban J connectivity index is 0. The minimum absolute atomic E-state index is 0. The van der Waals surface area contributed by atoms with Crippen LogP contribution in [0.5, 0.6) is 0 Å². The van der Waals surface area contributed by atoms with E-state index >= 15 is 0 Å². The number of rotatable bonds is 5. The molecule has 5 nitrogen and oxygen atoms in total. The Hall–Kier alpha value is 0.380. The van der Waals surface area contributed by atoms with Gasteiger partial charge >= 0.3 is 5.97 Å². The number of esters is 1. The fraction of sp³-hybridized carbons (Fsp3) is 0.500. The van der Waals surface area contributed by atoms with Crippen molar-refractivity contribution < 1.29 is 22.5 Å². The third kappa shape index (κ3) is 12.4. The zero-order valence-electron chi connectivity index (χ0n) is 7.10. The van der Waals surface area contributed by atoms with Gasteiger partial charge in [0.05, 0.1) is 12.4 Å². The second-order valence-electron chi connectivity index (χ2n) is 2.01. The van der Waals surface area contributed by atoms with E-state index in [9.17, 15) is 13.2 Å². The van der Waals surface area contributed by atoms with Crippen LogP contribution in [0.3, 0.4) is 0 Å². The van der Waals surface area contributed by atoms with Gasteiger partial charge in [-0.1, -0.05) is 6.58 Å². The van der Waals surface area contributed by atoms with Crippen LogP contribution in [-0.4, -0.2) is 69.0 Å². The van der Waals surface area contributed by atoms with Gasteiger partial charge in [-0.05, 0) is 6.42 Å². The first-order valence-corrected chi connectivity index (χ1v) is 4.81. The van der Waals surface area contributed by atoms with Gasteiger partial charge < -0.3 is 4.74 Å². The maximum atomic E-state index is 10.4. The third-order valence-electron chi connectivity index (χ3n) is 0.958. The van der Waals surface area contributed by atoms with Crippen molar-refractivity contribution in [3.05, 3.63) is 12.7 Å². The molecule has 0 spiro atoms. The molecule has 0 saturated heterocycles. The molecule has 7 heteroatoms. The van der Waals surface area contributed by atoms with Crippen molar-refractivity contribution in [2.45, 2.75) is 6.42 Å². The van der Waals surface area contributed by atoms with Gasteiger partial charge in [0.1, 0.15) is 0 Å². The fourth-order valence-corrected chi connectivity index (χ4v) is 0.956. The van der Waals surface area contributed by atoms with Gasteiger partial charge in [-0.2, -0.15) is 8.42 Å². The van der Waals surface area contributed by atoms with Crippen LogP contribution in [-0.2, 0) is 19.6 Å². The van der Waals surface area contributed by atoms with Crippen LogP contribution in [0, 0.1) is 0 Å². The molecule has 0 unspecified atom stereocenters. The Morgan fingerprint density at radius 3 is 2.46 bits per heavy atom. The van der Waals surface area contributed by atoms with Gasteiger partial charge in [0.15, 0.2) is 0 Å². The maximum absolute atomic E-state index is 10.4. The van der Waals surface area contributed by atoms with Crippen molar-refractivity contribution in [3.63, 3.8) is 0 Å². The monoisotopic (exact) mass is 234 g/mol. The van der Waals surface area contributed by atoms with Crippen LogP contribution in [0.15, 0.2) is 12.7 Å². The largest absolute Gasteiger partial charge is 0.463 e. The minimum atomic E-state index is -3.95. The zero-order valence-corrected chi connectivity index (χ0v) is 10.1. The molecule has 0 bridgehead atoms. The van der Waals surface area contributed by atoms with Gasteiger partial charge in [-0.3, -0.25) is 4.55 Å². The number of hydrogen-bond acceptors (Lipinski definition) is 4. The van der Waals surface area contributed by atoms with Crippen LogP contribution in [0.1, 0.15) is 6.42 Å². The van der Waals surface area contributed by atoms with E-state index in [0.717, 1.165) is 6.08 Å². The van der Waals surface area contributed by atoms with Crippen molar-refractivity contribution in [3.8, 4) is 0 Å². The molecule has 0 aliphatic rings. The molecule has 0 heterocycles. The van der Waals surface area contributed by atoms with Gasteiger partial charge in [0, 0.05) is 43.8 Å². The van der Waals surface area contributed by atoms with Crippen LogP contribution < -0.4 is 0 Å². The molecule has 0 fully saturated rings.